The van der Waals surface area contributed by atoms with Crippen molar-refractivity contribution in [1.29, 1.82) is 0 Å². The van der Waals surface area contributed by atoms with Gasteiger partial charge in [-0.3, -0.25) is 0 Å². The molecule has 0 saturated carbocycles. The van der Waals surface area contributed by atoms with Gasteiger partial charge < -0.3 is 10.5 Å². The van der Waals surface area contributed by atoms with Crippen molar-refractivity contribution in [2.24, 2.45) is 5.73 Å². The maximum Gasteiger partial charge on any atom is 0.243 e. The van der Waals surface area contributed by atoms with Crippen molar-refractivity contribution in [3.8, 4) is 0 Å². The Morgan fingerprint density at radius 1 is 1.38 bits per heavy atom. The zero-order valence-corrected chi connectivity index (χ0v) is 13.1. The molecule has 1 aliphatic heterocycles. The van der Waals surface area contributed by atoms with Crippen LogP contribution in [0, 0.1) is 12.7 Å². The Morgan fingerprint density at radius 2 is 2.00 bits per heavy atom. The van der Waals surface area contributed by atoms with Gasteiger partial charge in [-0.25, -0.2) is 12.8 Å². The Balaban J connectivity index is 2.34. The number of ether oxygens (including phenoxy) is 1. The topological polar surface area (TPSA) is 72.6 Å². The number of hydrogen-bond acceptors (Lipinski definition) is 4. The molecular formula is C14H21FN2O3S. The van der Waals surface area contributed by atoms with Crippen LogP contribution in [0.2, 0.25) is 0 Å². The number of halogens is 1. The van der Waals surface area contributed by atoms with E-state index >= 15 is 0 Å². The van der Waals surface area contributed by atoms with Crippen LogP contribution in [0.1, 0.15) is 24.0 Å². The molecule has 0 spiro atoms. The van der Waals surface area contributed by atoms with Gasteiger partial charge in [0.25, 0.3) is 0 Å². The monoisotopic (exact) mass is 316 g/mol. The number of benzene rings is 1. The minimum absolute atomic E-state index is 0.0128. The summed E-state index contributed by atoms with van der Waals surface area (Å²) in [6, 6.07) is 2.75. The van der Waals surface area contributed by atoms with Gasteiger partial charge in [-0.1, -0.05) is 0 Å². The molecule has 21 heavy (non-hydrogen) atoms. The standard InChI is InChI=1S/C14H21FN2O3S/c1-10-13(15)7-11(9-16)8-14(10)21(18,19)17-5-3-12(20-2)4-6-17/h7-8,12H,3-6,9,16H2,1-2H3. The molecule has 1 heterocycles. The fourth-order valence-corrected chi connectivity index (χ4v) is 4.29. The van der Waals surface area contributed by atoms with Gasteiger partial charge in [-0.05, 0) is 37.5 Å². The van der Waals surface area contributed by atoms with Crippen LogP contribution < -0.4 is 5.73 Å². The molecule has 0 amide bonds. The Hall–Kier alpha value is -1.02. The number of sulfonamides is 1. The number of rotatable bonds is 4. The van der Waals surface area contributed by atoms with E-state index in [1.54, 1.807) is 7.11 Å². The van der Waals surface area contributed by atoms with Crippen LogP contribution in [0.5, 0.6) is 0 Å². The van der Waals surface area contributed by atoms with E-state index in [9.17, 15) is 12.8 Å². The number of piperidine rings is 1. The predicted octanol–water partition coefficient (Wildman–Crippen LogP) is 1.39. The molecule has 1 aliphatic rings. The van der Waals surface area contributed by atoms with Gasteiger partial charge in [0.05, 0.1) is 11.0 Å². The average molecular weight is 316 g/mol. The van der Waals surface area contributed by atoms with Crippen molar-refractivity contribution in [3.05, 3.63) is 29.1 Å². The third-order valence-electron chi connectivity index (χ3n) is 3.94. The quantitative estimate of drug-likeness (QED) is 0.911. The predicted molar refractivity (Wildman–Crippen MR) is 77.8 cm³/mol. The maximum atomic E-state index is 13.9. The minimum atomic E-state index is -3.70. The van der Waals surface area contributed by atoms with E-state index in [0.29, 0.717) is 31.5 Å². The highest BCUT2D eigenvalue weighted by molar-refractivity contribution is 7.89. The Kier molecular flexibility index (Phi) is 4.98. The number of nitrogens with zero attached hydrogens (tertiary/aromatic N) is 1. The van der Waals surface area contributed by atoms with Crippen molar-refractivity contribution >= 4 is 10.0 Å². The number of hydrogen-bond donors (Lipinski definition) is 1. The highest BCUT2D eigenvalue weighted by atomic mass is 32.2. The smallest absolute Gasteiger partial charge is 0.243 e. The summed E-state index contributed by atoms with van der Waals surface area (Å²) in [5.41, 5.74) is 6.12. The first-order valence-corrected chi connectivity index (χ1v) is 8.36. The maximum absolute atomic E-state index is 13.9. The fraction of sp³-hybridized carbons (Fsp3) is 0.571. The van der Waals surface area contributed by atoms with Crippen LogP contribution in [-0.2, 0) is 21.3 Å². The van der Waals surface area contributed by atoms with Crippen LogP contribution in [0.4, 0.5) is 4.39 Å². The van der Waals surface area contributed by atoms with Crippen molar-refractivity contribution in [1.82, 2.24) is 4.31 Å². The lowest BCUT2D eigenvalue weighted by Crippen LogP contribution is -2.40. The molecule has 7 heteroatoms. The molecule has 0 aliphatic carbocycles. The molecule has 0 aromatic heterocycles. The summed E-state index contributed by atoms with van der Waals surface area (Å²) < 4.78 is 45.9. The van der Waals surface area contributed by atoms with E-state index in [4.69, 9.17) is 10.5 Å². The van der Waals surface area contributed by atoms with Gasteiger partial charge in [0.1, 0.15) is 5.82 Å². The molecule has 2 N–H and O–H groups in total. The third kappa shape index (κ3) is 3.26. The summed E-state index contributed by atoms with van der Waals surface area (Å²) in [4.78, 5) is 0.0128. The van der Waals surface area contributed by atoms with Gasteiger partial charge in [0, 0.05) is 32.3 Å². The first kappa shape index (κ1) is 16.4. The van der Waals surface area contributed by atoms with Crippen LogP contribution in [-0.4, -0.2) is 39.0 Å². The Labute approximate surface area is 124 Å². The van der Waals surface area contributed by atoms with E-state index in [0.717, 1.165) is 0 Å². The second-order valence-corrected chi connectivity index (χ2v) is 7.15. The summed E-state index contributed by atoms with van der Waals surface area (Å²) in [6.07, 6.45) is 1.38. The second kappa shape index (κ2) is 6.39. The highest BCUT2D eigenvalue weighted by Gasteiger charge is 2.31. The first-order valence-electron chi connectivity index (χ1n) is 6.92. The average Bonchev–Trinajstić information content (AvgIpc) is 2.49. The number of methoxy groups -OCH3 is 1. The van der Waals surface area contributed by atoms with Crippen LogP contribution in [0.3, 0.4) is 0 Å². The lowest BCUT2D eigenvalue weighted by atomic mass is 10.1. The van der Waals surface area contributed by atoms with Crippen molar-refractivity contribution in [2.75, 3.05) is 20.2 Å². The summed E-state index contributed by atoms with van der Waals surface area (Å²) in [7, 11) is -2.07. The third-order valence-corrected chi connectivity index (χ3v) is 5.97. The van der Waals surface area contributed by atoms with Gasteiger partial charge in [0.2, 0.25) is 10.0 Å². The summed E-state index contributed by atoms with van der Waals surface area (Å²) in [5.74, 6) is -0.539. The zero-order valence-electron chi connectivity index (χ0n) is 12.3. The number of nitrogens with two attached hydrogens (primary N) is 1. The van der Waals surface area contributed by atoms with Crippen LogP contribution in [0.15, 0.2) is 17.0 Å². The molecule has 0 bridgehead atoms. The van der Waals surface area contributed by atoms with Crippen LogP contribution in [0.25, 0.3) is 0 Å². The molecular weight excluding hydrogens is 295 g/mol. The van der Waals surface area contributed by atoms with E-state index in [1.165, 1.54) is 23.4 Å². The van der Waals surface area contributed by atoms with Crippen molar-refractivity contribution in [3.63, 3.8) is 0 Å². The molecule has 5 nitrogen and oxygen atoms in total. The SMILES string of the molecule is COC1CCN(S(=O)(=O)c2cc(CN)cc(F)c2C)CC1. The van der Waals surface area contributed by atoms with E-state index in [1.807, 2.05) is 0 Å². The Bertz CT molecular complexity index is 611. The van der Waals surface area contributed by atoms with Crippen LogP contribution >= 0.6 is 0 Å². The van der Waals surface area contributed by atoms with E-state index in [-0.39, 0.29) is 23.1 Å². The molecule has 0 unspecified atom stereocenters. The molecule has 1 aromatic carbocycles. The van der Waals surface area contributed by atoms with Gasteiger partial charge >= 0.3 is 0 Å². The molecule has 118 valence electrons. The van der Waals surface area contributed by atoms with E-state index in [2.05, 4.69) is 0 Å². The largest absolute Gasteiger partial charge is 0.381 e. The lowest BCUT2D eigenvalue weighted by Gasteiger charge is -2.31. The summed E-state index contributed by atoms with van der Waals surface area (Å²) in [6.45, 7) is 2.35. The van der Waals surface area contributed by atoms with Gasteiger partial charge in [0.15, 0.2) is 0 Å². The normalized spacial score (nSPS) is 18.1. The second-order valence-electron chi connectivity index (χ2n) is 5.24. The fourth-order valence-electron chi connectivity index (χ4n) is 2.54. The summed E-state index contributed by atoms with van der Waals surface area (Å²) in [5, 5.41) is 0. The van der Waals surface area contributed by atoms with Gasteiger partial charge in [-0.2, -0.15) is 4.31 Å². The molecule has 1 saturated heterocycles. The molecule has 2 rings (SSSR count). The molecule has 1 aromatic rings. The molecule has 1 fully saturated rings. The first-order chi connectivity index (χ1) is 9.90. The summed E-state index contributed by atoms with van der Waals surface area (Å²) >= 11 is 0. The Morgan fingerprint density at radius 3 is 2.52 bits per heavy atom. The van der Waals surface area contributed by atoms with E-state index < -0.39 is 15.8 Å². The van der Waals surface area contributed by atoms with Gasteiger partial charge in [-0.15, -0.1) is 0 Å². The lowest BCUT2D eigenvalue weighted by molar-refractivity contribution is 0.0604. The van der Waals surface area contributed by atoms with Crippen molar-refractivity contribution < 1.29 is 17.5 Å². The zero-order chi connectivity index (χ0) is 15.6. The molecule has 0 atom stereocenters. The minimum Gasteiger partial charge on any atom is -0.381 e. The highest BCUT2D eigenvalue weighted by Crippen LogP contribution is 2.26. The molecule has 0 radical (unpaired) electrons. The van der Waals surface area contributed by atoms with Crippen molar-refractivity contribution in [2.45, 2.75) is 37.3 Å².